The Bertz CT molecular complexity index is 962. The number of amides is 1. The van der Waals surface area contributed by atoms with Gasteiger partial charge in [0, 0.05) is 24.6 Å². The van der Waals surface area contributed by atoms with Gasteiger partial charge in [-0.15, -0.1) is 10.2 Å². The zero-order valence-corrected chi connectivity index (χ0v) is 16.2. The highest BCUT2D eigenvalue weighted by Gasteiger charge is 2.27. The zero-order valence-electron chi connectivity index (χ0n) is 16.2. The van der Waals surface area contributed by atoms with E-state index in [1.54, 1.807) is 12.1 Å². The van der Waals surface area contributed by atoms with E-state index in [1.165, 1.54) is 12.1 Å². The number of rotatable bonds is 5. The molecule has 1 aliphatic rings. The Morgan fingerprint density at radius 1 is 1.10 bits per heavy atom. The van der Waals surface area contributed by atoms with Crippen molar-refractivity contribution in [3.05, 3.63) is 65.8 Å². The smallest absolute Gasteiger partial charge is 0.260 e. The summed E-state index contributed by atoms with van der Waals surface area (Å²) >= 11 is 0. The summed E-state index contributed by atoms with van der Waals surface area (Å²) in [6.45, 7) is 3.28. The fourth-order valence-corrected chi connectivity index (χ4v) is 3.36. The van der Waals surface area contributed by atoms with Crippen molar-refractivity contribution < 1.29 is 18.3 Å². The van der Waals surface area contributed by atoms with Crippen LogP contribution in [0.2, 0.25) is 0 Å². The van der Waals surface area contributed by atoms with E-state index in [1.807, 2.05) is 36.1 Å². The quantitative estimate of drug-likeness (QED) is 0.654. The molecule has 1 saturated heterocycles. The molecule has 4 rings (SSSR count). The molecule has 7 heteroatoms. The van der Waals surface area contributed by atoms with Gasteiger partial charge in [0.1, 0.15) is 11.6 Å². The summed E-state index contributed by atoms with van der Waals surface area (Å²) in [6, 6.07) is 13.6. The standard InChI is InChI=1S/C22H22FN3O3/c1-15-2-8-19(9-3-15)28-14-20(27)26-12-10-17(11-13-26)22-25-24-21(29-22)16-4-6-18(23)7-5-16/h2-9,17H,10-14H2,1H3. The first-order valence-corrected chi connectivity index (χ1v) is 9.65. The van der Waals surface area contributed by atoms with Crippen molar-refractivity contribution in [3.63, 3.8) is 0 Å². The SMILES string of the molecule is Cc1ccc(OCC(=O)N2CCC(c3nnc(-c4ccc(F)cc4)o3)CC2)cc1. The number of piperidine rings is 1. The molecular weight excluding hydrogens is 373 g/mol. The van der Waals surface area contributed by atoms with E-state index < -0.39 is 0 Å². The number of likely N-dealkylation sites (tertiary alicyclic amines) is 1. The lowest BCUT2D eigenvalue weighted by Crippen LogP contribution is -2.40. The molecule has 1 amide bonds. The second-order valence-electron chi connectivity index (χ2n) is 7.21. The summed E-state index contributed by atoms with van der Waals surface area (Å²) in [5.74, 6) is 1.41. The Hall–Kier alpha value is -3.22. The first-order valence-electron chi connectivity index (χ1n) is 9.65. The van der Waals surface area contributed by atoms with Crippen molar-refractivity contribution in [2.75, 3.05) is 19.7 Å². The summed E-state index contributed by atoms with van der Waals surface area (Å²) in [7, 11) is 0. The highest BCUT2D eigenvalue weighted by atomic mass is 19.1. The Balaban J connectivity index is 1.29. The van der Waals surface area contributed by atoms with Gasteiger partial charge in [0.15, 0.2) is 6.61 Å². The molecule has 1 aromatic heterocycles. The number of carbonyl (C=O) groups excluding carboxylic acids is 1. The predicted octanol–water partition coefficient (Wildman–Crippen LogP) is 3.97. The summed E-state index contributed by atoms with van der Waals surface area (Å²) in [5, 5.41) is 8.23. The molecule has 150 valence electrons. The van der Waals surface area contributed by atoms with E-state index in [-0.39, 0.29) is 24.2 Å². The van der Waals surface area contributed by atoms with E-state index in [9.17, 15) is 9.18 Å². The van der Waals surface area contributed by atoms with Gasteiger partial charge >= 0.3 is 0 Å². The highest BCUT2D eigenvalue weighted by molar-refractivity contribution is 5.77. The highest BCUT2D eigenvalue weighted by Crippen LogP contribution is 2.29. The van der Waals surface area contributed by atoms with Gasteiger partial charge in [-0.1, -0.05) is 17.7 Å². The van der Waals surface area contributed by atoms with Crippen molar-refractivity contribution in [1.82, 2.24) is 15.1 Å². The molecule has 6 nitrogen and oxygen atoms in total. The first kappa shape index (κ1) is 19.1. The molecule has 29 heavy (non-hydrogen) atoms. The van der Waals surface area contributed by atoms with Gasteiger partial charge in [0.05, 0.1) is 0 Å². The van der Waals surface area contributed by atoms with E-state index in [0.717, 1.165) is 18.4 Å². The monoisotopic (exact) mass is 395 g/mol. The van der Waals surface area contributed by atoms with Crippen molar-refractivity contribution in [3.8, 4) is 17.2 Å². The molecule has 2 heterocycles. The normalized spacial score (nSPS) is 14.8. The second-order valence-corrected chi connectivity index (χ2v) is 7.21. The van der Waals surface area contributed by atoms with Gasteiger partial charge in [0.2, 0.25) is 11.8 Å². The molecule has 0 spiro atoms. The lowest BCUT2D eigenvalue weighted by atomic mass is 9.97. The van der Waals surface area contributed by atoms with E-state index in [2.05, 4.69) is 10.2 Å². The Morgan fingerprint density at radius 2 is 1.79 bits per heavy atom. The van der Waals surface area contributed by atoms with E-state index in [0.29, 0.717) is 36.2 Å². The molecule has 0 saturated carbocycles. The molecule has 0 radical (unpaired) electrons. The summed E-state index contributed by atoms with van der Waals surface area (Å²) in [5.41, 5.74) is 1.83. The van der Waals surface area contributed by atoms with Crippen LogP contribution in [0.25, 0.3) is 11.5 Å². The minimum atomic E-state index is -0.308. The van der Waals surface area contributed by atoms with Crippen molar-refractivity contribution in [2.24, 2.45) is 0 Å². The number of halogens is 1. The summed E-state index contributed by atoms with van der Waals surface area (Å²) < 4.78 is 24.4. The molecule has 0 unspecified atom stereocenters. The maximum atomic E-state index is 13.1. The Morgan fingerprint density at radius 3 is 2.48 bits per heavy atom. The van der Waals surface area contributed by atoms with Crippen LogP contribution in [-0.2, 0) is 4.79 Å². The maximum Gasteiger partial charge on any atom is 0.260 e. The fraction of sp³-hybridized carbons (Fsp3) is 0.318. The third-order valence-electron chi connectivity index (χ3n) is 5.11. The van der Waals surface area contributed by atoms with Gasteiger partial charge in [-0.3, -0.25) is 4.79 Å². The van der Waals surface area contributed by atoms with E-state index in [4.69, 9.17) is 9.15 Å². The number of hydrogen-bond acceptors (Lipinski definition) is 5. The average molecular weight is 395 g/mol. The van der Waals surface area contributed by atoms with Crippen molar-refractivity contribution >= 4 is 5.91 Å². The van der Waals surface area contributed by atoms with E-state index >= 15 is 0 Å². The number of carbonyl (C=O) groups is 1. The largest absolute Gasteiger partial charge is 0.484 e. The van der Waals surface area contributed by atoms with Crippen LogP contribution in [0.5, 0.6) is 5.75 Å². The summed E-state index contributed by atoms with van der Waals surface area (Å²) in [4.78, 5) is 14.2. The van der Waals surface area contributed by atoms with Crippen molar-refractivity contribution in [1.29, 1.82) is 0 Å². The lowest BCUT2D eigenvalue weighted by molar-refractivity contribution is -0.134. The topological polar surface area (TPSA) is 68.5 Å². The molecular formula is C22H22FN3O3. The third kappa shape index (κ3) is 4.62. The third-order valence-corrected chi connectivity index (χ3v) is 5.11. The molecule has 0 bridgehead atoms. The average Bonchev–Trinajstić information content (AvgIpc) is 3.24. The molecule has 0 N–H and O–H groups in total. The molecule has 1 aliphatic heterocycles. The maximum absolute atomic E-state index is 13.1. The molecule has 3 aromatic rings. The van der Waals surface area contributed by atoms with Gasteiger partial charge in [-0.25, -0.2) is 4.39 Å². The first-order chi connectivity index (χ1) is 14.1. The minimum absolute atomic E-state index is 0.0263. The zero-order chi connectivity index (χ0) is 20.2. The molecule has 2 aromatic carbocycles. The van der Waals surface area contributed by atoms with Crippen LogP contribution < -0.4 is 4.74 Å². The van der Waals surface area contributed by atoms with Crippen LogP contribution in [0.4, 0.5) is 4.39 Å². The van der Waals surface area contributed by atoms with Gasteiger partial charge < -0.3 is 14.1 Å². The minimum Gasteiger partial charge on any atom is -0.484 e. The fourth-order valence-electron chi connectivity index (χ4n) is 3.36. The van der Waals surface area contributed by atoms with Crippen LogP contribution in [0.1, 0.15) is 30.2 Å². The molecule has 1 fully saturated rings. The second kappa shape index (κ2) is 8.43. The molecule has 0 aliphatic carbocycles. The lowest BCUT2D eigenvalue weighted by Gasteiger charge is -2.30. The summed E-state index contributed by atoms with van der Waals surface area (Å²) in [6.07, 6.45) is 1.50. The Labute approximate surface area is 168 Å². The van der Waals surface area contributed by atoms with Crippen molar-refractivity contribution in [2.45, 2.75) is 25.7 Å². The van der Waals surface area contributed by atoms with Gasteiger partial charge in [0.25, 0.3) is 5.91 Å². The number of ether oxygens (including phenoxy) is 1. The predicted molar refractivity (Wildman–Crippen MR) is 105 cm³/mol. The Kier molecular flexibility index (Phi) is 5.55. The number of aromatic nitrogens is 2. The van der Waals surface area contributed by atoms with Crippen LogP contribution in [0.15, 0.2) is 52.9 Å². The number of benzene rings is 2. The van der Waals surface area contributed by atoms with Gasteiger partial charge in [-0.2, -0.15) is 0 Å². The number of hydrogen-bond donors (Lipinski definition) is 0. The molecule has 0 atom stereocenters. The van der Waals surface area contributed by atoms with Gasteiger partial charge in [-0.05, 0) is 56.2 Å². The van der Waals surface area contributed by atoms with Crippen LogP contribution in [-0.4, -0.2) is 40.7 Å². The number of aryl methyl sites for hydroxylation is 1. The van der Waals surface area contributed by atoms with Crippen LogP contribution in [0.3, 0.4) is 0 Å². The number of nitrogens with zero attached hydrogens (tertiary/aromatic N) is 3. The van der Waals surface area contributed by atoms with Crippen LogP contribution >= 0.6 is 0 Å². The van der Waals surface area contributed by atoms with Crippen LogP contribution in [0, 0.1) is 12.7 Å².